The number of nitrogens with one attached hydrogen (secondary N) is 1. The van der Waals surface area contributed by atoms with Crippen molar-refractivity contribution < 1.29 is 17.9 Å². The number of nitrogens with zero attached hydrogens (tertiary/aromatic N) is 1. The molecule has 0 aromatic heterocycles. The Morgan fingerprint density at radius 3 is 2.41 bits per heavy atom. The van der Waals surface area contributed by atoms with Gasteiger partial charge in [-0.2, -0.15) is 4.31 Å². The van der Waals surface area contributed by atoms with Crippen molar-refractivity contribution >= 4 is 50.7 Å². The van der Waals surface area contributed by atoms with Gasteiger partial charge in [-0.1, -0.05) is 60.1 Å². The summed E-state index contributed by atoms with van der Waals surface area (Å²) in [7, 11) is -2.49. The highest BCUT2D eigenvalue weighted by molar-refractivity contribution is 7.89. The number of sulfonamides is 1. The van der Waals surface area contributed by atoms with Crippen LogP contribution in [0.5, 0.6) is 5.75 Å². The number of amides is 1. The summed E-state index contributed by atoms with van der Waals surface area (Å²) in [5.74, 6) is -0.0304. The summed E-state index contributed by atoms with van der Waals surface area (Å²) in [6.45, 7) is -0.121. The van der Waals surface area contributed by atoms with E-state index in [1.165, 1.54) is 29.6 Å². The van der Waals surface area contributed by atoms with E-state index in [-0.39, 0.29) is 29.0 Å². The molecular formula is C22H25Cl3N2O4S. The van der Waals surface area contributed by atoms with Crippen LogP contribution in [-0.2, 0) is 21.4 Å². The van der Waals surface area contributed by atoms with E-state index in [2.05, 4.69) is 5.32 Å². The maximum absolute atomic E-state index is 13.5. The van der Waals surface area contributed by atoms with Crippen LogP contribution in [0, 0.1) is 0 Å². The van der Waals surface area contributed by atoms with E-state index in [1.54, 1.807) is 18.2 Å². The Bertz CT molecular complexity index is 1070. The van der Waals surface area contributed by atoms with Gasteiger partial charge in [-0.25, -0.2) is 8.42 Å². The fourth-order valence-corrected chi connectivity index (χ4v) is 6.24. The van der Waals surface area contributed by atoms with Crippen LogP contribution in [0.2, 0.25) is 15.1 Å². The minimum Gasteiger partial charge on any atom is -0.495 e. The number of ether oxygens (including phenoxy) is 1. The van der Waals surface area contributed by atoms with Crippen LogP contribution in [0.4, 0.5) is 0 Å². The number of methoxy groups -OCH3 is 1. The Balaban J connectivity index is 1.80. The van der Waals surface area contributed by atoms with Gasteiger partial charge in [0.15, 0.2) is 0 Å². The molecule has 1 aliphatic rings. The normalized spacial score (nSPS) is 15.0. The summed E-state index contributed by atoms with van der Waals surface area (Å²) in [5.41, 5.74) is 0.693. The van der Waals surface area contributed by atoms with E-state index in [4.69, 9.17) is 39.5 Å². The van der Waals surface area contributed by atoms with Crippen molar-refractivity contribution in [2.75, 3.05) is 13.7 Å². The maximum atomic E-state index is 13.5. The van der Waals surface area contributed by atoms with E-state index in [9.17, 15) is 13.2 Å². The predicted octanol–water partition coefficient (Wildman–Crippen LogP) is 5.30. The van der Waals surface area contributed by atoms with Gasteiger partial charge in [-0.15, -0.1) is 0 Å². The van der Waals surface area contributed by atoms with Gasteiger partial charge in [0, 0.05) is 22.6 Å². The number of halogens is 3. The Labute approximate surface area is 203 Å². The van der Waals surface area contributed by atoms with Crippen LogP contribution in [-0.4, -0.2) is 38.3 Å². The summed E-state index contributed by atoms with van der Waals surface area (Å²) in [4.78, 5) is 12.8. The fraction of sp³-hybridized carbons (Fsp3) is 0.409. The minimum atomic E-state index is -3.95. The molecule has 1 saturated carbocycles. The number of hydrogen-bond donors (Lipinski definition) is 1. The topological polar surface area (TPSA) is 75.7 Å². The van der Waals surface area contributed by atoms with Crippen molar-refractivity contribution in [1.82, 2.24) is 9.62 Å². The van der Waals surface area contributed by atoms with Gasteiger partial charge in [0.2, 0.25) is 15.9 Å². The minimum absolute atomic E-state index is 0.0300. The molecule has 0 spiro atoms. The molecule has 0 unspecified atom stereocenters. The molecule has 0 aliphatic heterocycles. The second-order valence-electron chi connectivity index (χ2n) is 7.65. The highest BCUT2D eigenvalue weighted by Crippen LogP contribution is 2.32. The van der Waals surface area contributed by atoms with Crippen molar-refractivity contribution in [3.63, 3.8) is 0 Å². The molecular weight excluding hydrogens is 495 g/mol. The van der Waals surface area contributed by atoms with E-state index in [0.717, 1.165) is 19.3 Å². The van der Waals surface area contributed by atoms with Crippen molar-refractivity contribution in [1.29, 1.82) is 0 Å². The Morgan fingerprint density at radius 2 is 1.78 bits per heavy atom. The Kier molecular flexibility index (Phi) is 8.69. The third kappa shape index (κ3) is 6.08. The molecule has 0 atom stereocenters. The molecule has 174 valence electrons. The molecule has 1 fully saturated rings. The molecule has 0 radical (unpaired) electrons. The zero-order chi connectivity index (χ0) is 23.3. The molecule has 32 heavy (non-hydrogen) atoms. The van der Waals surface area contributed by atoms with Crippen LogP contribution in [0.3, 0.4) is 0 Å². The largest absolute Gasteiger partial charge is 0.495 e. The Morgan fingerprint density at radius 1 is 1.06 bits per heavy atom. The summed E-state index contributed by atoms with van der Waals surface area (Å²) in [6.07, 6.45) is 4.31. The van der Waals surface area contributed by atoms with Gasteiger partial charge < -0.3 is 10.1 Å². The van der Waals surface area contributed by atoms with Gasteiger partial charge in [0.25, 0.3) is 0 Å². The first-order valence-electron chi connectivity index (χ1n) is 10.3. The lowest BCUT2D eigenvalue weighted by Crippen LogP contribution is -2.46. The number of rotatable bonds is 8. The van der Waals surface area contributed by atoms with Crippen LogP contribution in [0.1, 0.15) is 37.7 Å². The van der Waals surface area contributed by atoms with Gasteiger partial charge in [-0.05, 0) is 48.7 Å². The lowest BCUT2D eigenvalue weighted by molar-refractivity contribution is -0.121. The lowest BCUT2D eigenvalue weighted by atomic mass is 9.95. The monoisotopic (exact) mass is 518 g/mol. The maximum Gasteiger partial charge on any atom is 0.243 e. The highest BCUT2D eigenvalue weighted by atomic mass is 35.5. The van der Waals surface area contributed by atoms with Crippen molar-refractivity contribution in [3.8, 4) is 5.75 Å². The molecule has 0 heterocycles. The average Bonchev–Trinajstić information content (AvgIpc) is 2.77. The Hall–Kier alpha value is -1.51. The number of benzene rings is 2. The number of carbonyl (C=O) groups excluding carboxylic acids is 1. The van der Waals surface area contributed by atoms with Crippen molar-refractivity contribution in [3.05, 3.63) is 57.0 Å². The zero-order valence-corrected chi connectivity index (χ0v) is 20.7. The smallest absolute Gasteiger partial charge is 0.243 e. The lowest BCUT2D eigenvalue weighted by Gasteiger charge is -2.33. The van der Waals surface area contributed by atoms with Crippen molar-refractivity contribution in [2.45, 2.75) is 49.6 Å². The van der Waals surface area contributed by atoms with E-state index < -0.39 is 15.9 Å². The fourth-order valence-electron chi connectivity index (χ4n) is 3.78. The average molecular weight is 520 g/mol. The highest BCUT2D eigenvalue weighted by Gasteiger charge is 2.34. The molecule has 0 bridgehead atoms. The molecule has 2 aromatic rings. The third-order valence-electron chi connectivity index (χ3n) is 5.50. The molecule has 3 rings (SSSR count). The predicted molar refractivity (Wildman–Crippen MR) is 127 cm³/mol. The van der Waals surface area contributed by atoms with Crippen LogP contribution in [0.15, 0.2) is 41.3 Å². The van der Waals surface area contributed by atoms with Gasteiger partial charge >= 0.3 is 0 Å². The van der Waals surface area contributed by atoms with Gasteiger partial charge in [0.05, 0.1) is 23.6 Å². The van der Waals surface area contributed by atoms with Gasteiger partial charge in [0.1, 0.15) is 5.75 Å². The number of carbonyl (C=O) groups is 1. The quantitative estimate of drug-likeness (QED) is 0.514. The summed E-state index contributed by atoms with van der Waals surface area (Å²) < 4.78 is 33.4. The molecule has 6 nitrogen and oxygen atoms in total. The third-order valence-corrected chi connectivity index (χ3v) is 8.28. The zero-order valence-electron chi connectivity index (χ0n) is 17.6. The van der Waals surface area contributed by atoms with E-state index in [0.29, 0.717) is 34.2 Å². The van der Waals surface area contributed by atoms with Crippen molar-refractivity contribution in [2.24, 2.45) is 0 Å². The SMILES string of the molecule is COc1ccc(S(=O)(=O)N(CC(=O)NCc2ccc(Cl)cc2Cl)C2CCCCC2)cc1Cl. The molecule has 0 saturated heterocycles. The van der Waals surface area contributed by atoms with Crippen LogP contribution >= 0.6 is 34.8 Å². The number of hydrogen-bond acceptors (Lipinski definition) is 4. The standard InChI is InChI=1S/C22H25Cl3N2O4S/c1-31-21-10-9-18(12-20(21)25)32(29,30)27(17-5-3-2-4-6-17)14-22(28)26-13-15-7-8-16(23)11-19(15)24/h7-12,17H,2-6,13-14H2,1H3,(H,26,28). The molecule has 1 aliphatic carbocycles. The second-order valence-corrected chi connectivity index (χ2v) is 10.8. The first-order chi connectivity index (χ1) is 15.2. The van der Waals surface area contributed by atoms with Crippen LogP contribution < -0.4 is 10.1 Å². The molecule has 10 heteroatoms. The molecule has 1 N–H and O–H groups in total. The van der Waals surface area contributed by atoms with E-state index in [1.807, 2.05) is 0 Å². The summed E-state index contributed by atoms with van der Waals surface area (Å²) >= 11 is 18.2. The summed E-state index contributed by atoms with van der Waals surface area (Å²) in [5, 5.41) is 3.89. The van der Waals surface area contributed by atoms with Crippen LogP contribution in [0.25, 0.3) is 0 Å². The molecule has 2 aromatic carbocycles. The van der Waals surface area contributed by atoms with E-state index >= 15 is 0 Å². The first kappa shape index (κ1) is 25.1. The first-order valence-corrected chi connectivity index (χ1v) is 12.9. The second kappa shape index (κ2) is 11.1. The summed E-state index contributed by atoms with van der Waals surface area (Å²) in [6, 6.07) is 9.06. The van der Waals surface area contributed by atoms with Gasteiger partial charge in [-0.3, -0.25) is 4.79 Å². The molecule has 1 amide bonds.